The minimum atomic E-state index is -0.562. The summed E-state index contributed by atoms with van der Waals surface area (Å²) in [5.74, 6) is -0.141. The van der Waals surface area contributed by atoms with Gasteiger partial charge in [-0.15, -0.1) is 0 Å². The minimum Gasteiger partial charge on any atom is -0.480 e. The predicted molar refractivity (Wildman–Crippen MR) is 93.4 cm³/mol. The van der Waals surface area contributed by atoms with Crippen LogP contribution in [0.3, 0.4) is 0 Å². The lowest BCUT2D eigenvalue weighted by molar-refractivity contribution is -0.147. The zero-order valence-corrected chi connectivity index (χ0v) is 15.1. The fourth-order valence-electron chi connectivity index (χ4n) is 2.06. The smallest absolute Gasteiger partial charge is 0.344 e. The molecule has 0 atom stereocenters. The van der Waals surface area contributed by atoms with E-state index < -0.39 is 5.97 Å². The van der Waals surface area contributed by atoms with Crippen LogP contribution in [-0.4, -0.2) is 27.2 Å². The number of carbonyl (C=O) groups is 1. The number of hydrogen-bond donors (Lipinski definition) is 0. The van der Waals surface area contributed by atoms with E-state index in [0.29, 0.717) is 26.4 Å². The summed E-state index contributed by atoms with van der Waals surface area (Å²) in [7, 11) is 0. The van der Waals surface area contributed by atoms with E-state index in [-0.39, 0.29) is 18.8 Å². The van der Waals surface area contributed by atoms with E-state index in [0.717, 1.165) is 5.56 Å². The summed E-state index contributed by atoms with van der Waals surface area (Å²) in [6, 6.07) is 6.68. The van der Waals surface area contributed by atoms with Gasteiger partial charge in [-0.25, -0.2) is 9.78 Å². The fourth-order valence-corrected chi connectivity index (χ4v) is 3.09. The topological polar surface area (TPSA) is 82.8 Å². The number of fused-ring (bicyclic) bond motifs is 1. The molecule has 0 amide bonds. The lowest BCUT2D eigenvalue weighted by atomic mass is 10.2. The molecule has 2 heterocycles. The van der Waals surface area contributed by atoms with Gasteiger partial charge in [0, 0.05) is 11.8 Å². The van der Waals surface area contributed by atoms with Gasteiger partial charge in [0.05, 0.1) is 5.02 Å². The second kappa shape index (κ2) is 7.20. The molecule has 0 spiro atoms. The number of benzene rings is 1. The van der Waals surface area contributed by atoms with Crippen molar-refractivity contribution in [2.75, 3.05) is 6.61 Å². The maximum Gasteiger partial charge on any atom is 0.344 e. The predicted octanol–water partition coefficient (Wildman–Crippen LogP) is 2.54. The highest BCUT2D eigenvalue weighted by molar-refractivity contribution is 7.16. The van der Waals surface area contributed by atoms with Crippen LogP contribution in [0.4, 0.5) is 0 Å². The Balaban J connectivity index is 1.60. The molecule has 130 valence electrons. The van der Waals surface area contributed by atoms with Crippen molar-refractivity contribution in [2.24, 2.45) is 0 Å². The highest BCUT2D eigenvalue weighted by Crippen LogP contribution is 2.25. The number of rotatable bonds is 5. The molecule has 0 aliphatic carbocycles. The molecule has 0 fully saturated rings. The Hall–Kier alpha value is -2.45. The van der Waals surface area contributed by atoms with Gasteiger partial charge in [-0.05, 0) is 31.5 Å². The van der Waals surface area contributed by atoms with E-state index >= 15 is 0 Å². The lowest BCUT2D eigenvalue weighted by Crippen LogP contribution is -2.16. The molecule has 0 unspecified atom stereocenters. The third-order valence-electron chi connectivity index (χ3n) is 3.20. The van der Waals surface area contributed by atoms with Crippen molar-refractivity contribution >= 4 is 33.9 Å². The van der Waals surface area contributed by atoms with Gasteiger partial charge in [0.1, 0.15) is 12.4 Å². The van der Waals surface area contributed by atoms with Crippen LogP contribution in [0.1, 0.15) is 16.3 Å². The molecule has 1 aromatic carbocycles. The molecule has 2 aromatic heterocycles. The van der Waals surface area contributed by atoms with Crippen LogP contribution in [0, 0.1) is 13.8 Å². The summed E-state index contributed by atoms with van der Waals surface area (Å²) in [5, 5.41) is 4.98. The van der Waals surface area contributed by atoms with Gasteiger partial charge in [-0.1, -0.05) is 29.0 Å². The third-order valence-corrected chi connectivity index (χ3v) is 4.40. The lowest BCUT2D eigenvalue weighted by Gasteiger charge is -2.08. The second-order valence-corrected chi connectivity index (χ2v) is 6.76. The first-order valence-corrected chi connectivity index (χ1v) is 8.53. The number of halogens is 1. The molecule has 7 nitrogen and oxygen atoms in total. The van der Waals surface area contributed by atoms with Crippen LogP contribution in [0.25, 0.3) is 4.96 Å². The number of aromatic nitrogens is 3. The summed E-state index contributed by atoms with van der Waals surface area (Å²) < 4.78 is 11.7. The van der Waals surface area contributed by atoms with Gasteiger partial charge in [0.2, 0.25) is 4.96 Å². The van der Waals surface area contributed by atoms with E-state index in [1.807, 2.05) is 13.0 Å². The summed E-state index contributed by atoms with van der Waals surface area (Å²) in [4.78, 5) is 28.3. The van der Waals surface area contributed by atoms with Crippen molar-refractivity contribution in [1.29, 1.82) is 0 Å². The number of esters is 1. The Labute approximate surface area is 151 Å². The number of hydrogen-bond acceptors (Lipinski definition) is 7. The van der Waals surface area contributed by atoms with Crippen LogP contribution >= 0.6 is 22.9 Å². The summed E-state index contributed by atoms with van der Waals surface area (Å²) in [6.07, 6.45) is 0. The van der Waals surface area contributed by atoms with Crippen LogP contribution in [0.5, 0.6) is 5.75 Å². The largest absolute Gasteiger partial charge is 0.480 e. The van der Waals surface area contributed by atoms with E-state index in [9.17, 15) is 9.59 Å². The van der Waals surface area contributed by atoms with E-state index in [1.165, 1.54) is 21.9 Å². The molecular formula is C16H14ClN3O4S. The van der Waals surface area contributed by atoms with E-state index in [2.05, 4.69) is 10.1 Å². The molecule has 0 aliphatic heterocycles. The summed E-state index contributed by atoms with van der Waals surface area (Å²) >= 11 is 7.19. The maximum absolute atomic E-state index is 11.8. The highest BCUT2D eigenvalue weighted by atomic mass is 35.5. The fraction of sp³-hybridized carbons (Fsp3) is 0.250. The van der Waals surface area contributed by atoms with Gasteiger partial charge in [0.15, 0.2) is 11.6 Å². The zero-order valence-electron chi connectivity index (χ0n) is 13.5. The monoisotopic (exact) mass is 379 g/mol. The SMILES string of the molecule is Cc1ccc(Cl)c(OCC(=O)OCc2nn3c(=O)cc(C)nc3s2)c1. The Bertz CT molecular complexity index is 999. The first-order chi connectivity index (χ1) is 11.9. The van der Waals surface area contributed by atoms with Crippen molar-refractivity contribution < 1.29 is 14.3 Å². The first kappa shape index (κ1) is 17.4. The Kier molecular flexibility index (Phi) is 5.00. The van der Waals surface area contributed by atoms with Gasteiger partial charge in [0.25, 0.3) is 5.56 Å². The average molecular weight is 380 g/mol. The molecule has 9 heteroatoms. The molecule has 0 N–H and O–H groups in total. The van der Waals surface area contributed by atoms with Crippen LogP contribution < -0.4 is 10.3 Å². The van der Waals surface area contributed by atoms with Crippen molar-refractivity contribution in [3.05, 3.63) is 55.9 Å². The van der Waals surface area contributed by atoms with Crippen LogP contribution in [-0.2, 0) is 16.1 Å². The molecule has 25 heavy (non-hydrogen) atoms. The molecular weight excluding hydrogens is 366 g/mol. The molecule has 3 rings (SSSR count). The summed E-state index contributed by atoms with van der Waals surface area (Å²) in [5.41, 5.74) is 1.31. The molecule has 3 aromatic rings. The number of nitrogens with zero attached hydrogens (tertiary/aromatic N) is 3. The first-order valence-electron chi connectivity index (χ1n) is 7.33. The quantitative estimate of drug-likeness (QED) is 0.633. The zero-order chi connectivity index (χ0) is 18.0. The minimum absolute atomic E-state index is 0.0593. The van der Waals surface area contributed by atoms with Gasteiger partial charge < -0.3 is 9.47 Å². The van der Waals surface area contributed by atoms with Gasteiger partial charge >= 0.3 is 5.97 Å². The molecule has 0 saturated heterocycles. The Morgan fingerprint density at radius 2 is 2.12 bits per heavy atom. The second-order valence-electron chi connectivity index (χ2n) is 5.31. The van der Waals surface area contributed by atoms with Crippen molar-refractivity contribution in [3.63, 3.8) is 0 Å². The van der Waals surface area contributed by atoms with Gasteiger partial charge in [-0.3, -0.25) is 4.79 Å². The standard InChI is InChI=1S/C16H14ClN3O4S/c1-9-3-4-11(17)12(5-9)23-8-15(22)24-7-13-19-20-14(21)6-10(2)18-16(20)25-13/h3-6H,7-8H2,1-2H3. The third kappa shape index (κ3) is 4.15. The van der Waals surface area contributed by atoms with Crippen LogP contribution in [0.15, 0.2) is 29.1 Å². The molecule has 0 bridgehead atoms. The molecule has 0 radical (unpaired) electrons. The van der Waals surface area contributed by atoms with Crippen LogP contribution in [0.2, 0.25) is 5.02 Å². The maximum atomic E-state index is 11.8. The van der Waals surface area contributed by atoms with E-state index in [1.54, 1.807) is 19.1 Å². The molecule has 0 saturated carbocycles. The Morgan fingerprint density at radius 1 is 1.32 bits per heavy atom. The summed E-state index contributed by atoms with van der Waals surface area (Å²) in [6.45, 7) is 3.29. The molecule has 0 aliphatic rings. The van der Waals surface area contributed by atoms with Crippen molar-refractivity contribution in [3.8, 4) is 5.75 Å². The normalized spacial score (nSPS) is 10.8. The van der Waals surface area contributed by atoms with Crippen molar-refractivity contribution in [1.82, 2.24) is 14.6 Å². The Morgan fingerprint density at radius 3 is 2.92 bits per heavy atom. The number of aryl methyl sites for hydroxylation is 2. The number of ether oxygens (including phenoxy) is 2. The average Bonchev–Trinajstić information content (AvgIpc) is 2.97. The van der Waals surface area contributed by atoms with E-state index in [4.69, 9.17) is 21.1 Å². The van der Waals surface area contributed by atoms with Crippen molar-refractivity contribution in [2.45, 2.75) is 20.5 Å². The number of carbonyl (C=O) groups excluding carboxylic acids is 1. The van der Waals surface area contributed by atoms with Gasteiger partial charge in [-0.2, -0.15) is 9.61 Å². The highest BCUT2D eigenvalue weighted by Gasteiger charge is 2.11.